The Hall–Kier alpha value is -4.83. The SMILES string of the molecule is Nc1cc([O-])c(N=Nc2c([O-])ccc3ccccc23)cc1Cl.O.O.O=S(=O)([O-])c1cc([O-])c(N=Nc2c([O-])ccc3ccccc23)c2ccccc12.[Cr+3].[H+].[Na+]. The molecule has 269 valence electrons. The van der Waals surface area contributed by atoms with Crippen molar-refractivity contribution in [1.29, 1.82) is 0 Å². The molecule has 0 saturated heterocycles. The van der Waals surface area contributed by atoms with Crippen LogP contribution >= 0.6 is 11.6 Å². The zero-order valence-corrected chi connectivity index (χ0v) is 32.7. The minimum Gasteiger partial charge on any atom is -0.871 e. The summed E-state index contributed by atoms with van der Waals surface area (Å²) in [4.78, 5) is -0.610. The molecule has 0 spiro atoms. The standard InChI is InChI=1S/C20H14N2O5S.C16H12ClN3O2.Cr.Na.2H2O/c23-16-10-9-12-5-1-2-6-13(12)19(16)21-22-20-15-8-4-3-7-14(15)18(11-17(20)24)28(25,26)27;17-11-7-13(15(22)8-12(11)18)19-20-16-10-4-2-1-3-9(10)5-6-14(16)21;;;;/h1-11,23-24H,(H,25,26,27);1-8,21-22H,18H2;;;2*1H2/q;;+3;+1;;/p-4. The summed E-state index contributed by atoms with van der Waals surface area (Å²) >= 11 is 5.87. The van der Waals surface area contributed by atoms with Crippen molar-refractivity contribution in [3.8, 4) is 23.0 Å². The van der Waals surface area contributed by atoms with E-state index in [4.69, 9.17) is 17.3 Å². The summed E-state index contributed by atoms with van der Waals surface area (Å²) in [5.74, 6) is -1.81. The molecule has 7 aromatic carbocycles. The van der Waals surface area contributed by atoms with Crippen LogP contribution in [-0.2, 0) is 27.5 Å². The van der Waals surface area contributed by atoms with Gasteiger partial charge in [-0.3, -0.25) is 0 Å². The molecule has 0 aliphatic rings. The van der Waals surface area contributed by atoms with E-state index in [2.05, 4.69) is 20.5 Å². The fourth-order valence-corrected chi connectivity index (χ4v) is 5.99. The molecule has 0 bridgehead atoms. The van der Waals surface area contributed by atoms with Crippen molar-refractivity contribution in [2.75, 3.05) is 5.73 Å². The molecule has 0 amide bonds. The van der Waals surface area contributed by atoms with E-state index in [1.54, 1.807) is 48.5 Å². The molecular formula is C36H26ClCrN5NaO9S. The van der Waals surface area contributed by atoms with Crippen molar-refractivity contribution >= 4 is 82.5 Å². The van der Waals surface area contributed by atoms with E-state index in [1.165, 1.54) is 36.4 Å². The Bertz CT molecular complexity index is 2640. The van der Waals surface area contributed by atoms with Gasteiger partial charge in [-0.2, -0.15) is 20.5 Å². The normalized spacial score (nSPS) is 10.9. The Kier molecular flexibility index (Phi) is 15.9. The first-order valence-electron chi connectivity index (χ1n) is 14.6. The minimum atomic E-state index is -4.84. The maximum atomic E-state index is 12.4. The van der Waals surface area contributed by atoms with Crippen LogP contribution in [0.3, 0.4) is 0 Å². The van der Waals surface area contributed by atoms with Gasteiger partial charge < -0.3 is 41.7 Å². The second kappa shape index (κ2) is 19.0. The molecule has 0 fully saturated rings. The van der Waals surface area contributed by atoms with Crippen molar-refractivity contribution in [3.05, 3.63) is 120 Å². The van der Waals surface area contributed by atoms with Gasteiger partial charge in [0, 0.05) is 27.2 Å². The Morgan fingerprint density at radius 3 is 1.48 bits per heavy atom. The molecule has 14 nitrogen and oxygen atoms in total. The molecule has 0 aromatic heterocycles. The van der Waals surface area contributed by atoms with Gasteiger partial charge in [-0.25, -0.2) is 8.42 Å². The predicted molar refractivity (Wildman–Crippen MR) is 190 cm³/mol. The van der Waals surface area contributed by atoms with E-state index >= 15 is 0 Å². The first-order chi connectivity index (χ1) is 23.9. The van der Waals surface area contributed by atoms with E-state index in [0.717, 1.165) is 16.8 Å². The van der Waals surface area contributed by atoms with Crippen LogP contribution < -0.4 is 55.7 Å². The Morgan fingerprint density at radius 1 is 0.556 bits per heavy atom. The number of nitrogen functional groups attached to an aromatic ring is 1. The van der Waals surface area contributed by atoms with Crippen molar-refractivity contribution in [2.24, 2.45) is 20.5 Å². The summed E-state index contributed by atoms with van der Waals surface area (Å²) < 4.78 is 34.5. The molecule has 7 rings (SSSR count). The fourth-order valence-electron chi connectivity index (χ4n) is 5.13. The zero-order valence-electron chi connectivity index (χ0n) is 28.9. The number of rotatable bonds is 5. The van der Waals surface area contributed by atoms with Crippen LogP contribution in [-0.4, -0.2) is 23.9 Å². The van der Waals surface area contributed by atoms with E-state index in [-0.39, 0.29) is 115 Å². The molecule has 7 aromatic rings. The van der Waals surface area contributed by atoms with Gasteiger partial charge in [0.25, 0.3) is 0 Å². The number of hydrogen-bond acceptors (Lipinski definition) is 12. The minimum absolute atomic E-state index is 0. The molecule has 0 aliphatic heterocycles. The monoisotopic (exact) mass is 814 g/mol. The second-order valence-corrected chi connectivity index (χ2v) is 12.5. The average Bonchev–Trinajstić information content (AvgIpc) is 3.09. The third-order valence-electron chi connectivity index (χ3n) is 7.53. The quantitative estimate of drug-likeness (QED) is 0.116. The largest absolute Gasteiger partial charge is 3.00 e. The maximum absolute atomic E-state index is 12.4. The van der Waals surface area contributed by atoms with Gasteiger partial charge in [-0.05, 0) is 29.0 Å². The summed E-state index contributed by atoms with van der Waals surface area (Å²) in [6.45, 7) is 0. The summed E-state index contributed by atoms with van der Waals surface area (Å²) in [7, 11) is -4.84. The van der Waals surface area contributed by atoms with E-state index in [9.17, 15) is 33.4 Å². The van der Waals surface area contributed by atoms with Crippen molar-refractivity contribution in [2.45, 2.75) is 4.90 Å². The van der Waals surface area contributed by atoms with Crippen LogP contribution in [0.1, 0.15) is 1.43 Å². The van der Waals surface area contributed by atoms with Crippen molar-refractivity contribution in [3.63, 3.8) is 0 Å². The van der Waals surface area contributed by atoms with E-state index in [0.29, 0.717) is 10.8 Å². The maximum Gasteiger partial charge on any atom is 3.00 e. The predicted octanol–water partition coefficient (Wildman–Crippen LogP) is 2.56. The number of hydrogen-bond donors (Lipinski definition) is 1. The Morgan fingerprint density at radius 2 is 0.981 bits per heavy atom. The summed E-state index contributed by atoms with van der Waals surface area (Å²) in [6.07, 6.45) is 0. The zero-order chi connectivity index (χ0) is 35.6. The van der Waals surface area contributed by atoms with Crippen LogP contribution in [0.5, 0.6) is 23.0 Å². The summed E-state index contributed by atoms with van der Waals surface area (Å²) in [5.41, 5.74) is 5.87. The smallest absolute Gasteiger partial charge is 0.871 e. The number of azo groups is 2. The summed E-state index contributed by atoms with van der Waals surface area (Å²) in [5, 5.41) is 67.6. The Balaban J connectivity index is 0.000000516. The summed E-state index contributed by atoms with van der Waals surface area (Å²) in [6, 6.07) is 29.8. The molecule has 0 saturated carbocycles. The van der Waals surface area contributed by atoms with Crippen LogP contribution in [0.25, 0.3) is 32.3 Å². The first kappa shape index (κ1) is 45.3. The van der Waals surface area contributed by atoms with Gasteiger partial charge >= 0.3 is 48.3 Å². The second-order valence-electron chi connectivity index (χ2n) is 10.7. The van der Waals surface area contributed by atoms with Crippen LogP contribution in [0.4, 0.5) is 28.4 Å². The molecule has 6 N–H and O–H groups in total. The van der Waals surface area contributed by atoms with Gasteiger partial charge in [-0.1, -0.05) is 132 Å². The van der Waals surface area contributed by atoms with E-state index in [1.807, 2.05) is 24.3 Å². The number of anilines is 1. The number of benzene rings is 7. The number of fused-ring (bicyclic) bond motifs is 3. The molecular weight excluding hydrogens is 789 g/mol. The third kappa shape index (κ3) is 9.63. The topological polar surface area (TPSA) is 288 Å². The molecule has 0 unspecified atom stereocenters. The van der Waals surface area contributed by atoms with Gasteiger partial charge in [0.2, 0.25) is 0 Å². The van der Waals surface area contributed by atoms with Crippen molar-refractivity contribution in [1.82, 2.24) is 0 Å². The van der Waals surface area contributed by atoms with Crippen LogP contribution in [0, 0.1) is 0 Å². The van der Waals surface area contributed by atoms with Crippen molar-refractivity contribution < 1.29 is 92.7 Å². The molecule has 0 heterocycles. The van der Waals surface area contributed by atoms with Gasteiger partial charge in [0.15, 0.2) is 0 Å². The van der Waals surface area contributed by atoms with Gasteiger partial charge in [0.05, 0.1) is 32.7 Å². The van der Waals surface area contributed by atoms with Crippen LogP contribution in [0.2, 0.25) is 5.02 Å². The molecule has 0 atom stereocenters. The van der Waals surface area contributed by atoms with Gasteiger partial charge in [-0.15, -0.1) is 0 Å². The number of nitrogens with two attached hydrogens (primary N) is 1. The molecule has 18 heteroatoms. The first-order valence-corrected chi connectivity index (χ1v) is 16.4. The Labute approximate surface area is 347 Å². The molecule has 0 aliphatic carbocycles. The van der Waals surface area contributed by atoms with E-state index < -0.39 is 26.5 Å². The van der Waals surface area contributed by atoms with Crippen LogP contribution in [0.15, 0.2) is 141 Å². The number of halogens is 1. The van der Waals surface area contributed by atoms with Gasteiger partial charge in [0.1, 0.15) is 10.1 Å². The molecule has 54 heavy (non-hydrogen) atoms. The number of nitrogens with zero attached hydrogens (tertiary/aromatic N) is 4. The fraction of sp³-hybridized carbons (Fsp3) is 0. The average molecular weight is 815 g/mol. The molecule has 1 radical (unpaired) electrons. The third-order valence-corrected chi connectivity index (χ3v) is 8.73.